The van der Waals surface area contributed by atoms with Gasteiger partial charge < -0.3 is 15.0 Å². The number of nitrogens with one attached hydrogen (secondary N) is 1. The lowest BCUT2D eigenvalue weighted by Crippen LogP contribution is -2.43. The van der Waals surface area contributed by atoms with Gasteiger partial charge in [0.15, 0.2) is 17.4 Å². The molecule has 0 bridgehead atoms. The summed E-state index contributed by atoms with van der Waals surface area (Å²) < 4.78 is 34.7. The monoisotopic (exact) mass is 370 g/mol. The number of halogens is 2. The molecular formula is C20H20F2N4O. The standard InChI is InChI=1S/C20H20F2N4O/c1-27-18-13-26(20-16(21)3-2-4-17(20)22)24-19(18)14-5-7-15(8-6-14)25-11-9-23-10-12-25/h2-8,13,23H,9-12H2,1H3. The summed E-state index contributed by atoms with van der Waals surface area (Å²) in [7, 11) is 1.51. The van der Waals surface area contributed by atoms with Crippen LogP contribution in [0.5, 0.6) is 5.75 Å². The highest BCUT2D eigenvalue weighted by Gasteiger charge is 2.18. The van der Waals surface area contributed by atoms with Gasteiger partial charge in [0.25, 0.3) is 0 Å². The van der Waals surface area contributed by atoms with Crippen LogP contribution in [0.3, 0.4) is 0 Å². The van der Waals surface area contributed by atoms with E-state index in [0.29, 0.717) is 11.4 Å². The molecule has 140 valence electrons. The molecule has 27 heavy (non-hydrogen) atoms. The molecule has 0 amide bonds. The molecule has 1 saturated heterocycles. The molecule has 0 radical (unpaired) electrons. The zero-order valence-electron chi connectivity index (χ0n) is 15.0. The first kappa shape index (κ1) is 17.5. The zero-order chi connectivity index (χ0) is 18.8. The minimum absolute atomic E-state index is 0.223. The molecule has 1 aliphatic heterocycles. The van der Waals surface area contributed by atoms with Crippen molar-refractivity contribution < 1.29 is 13.5 Å². The average Bonchev–Trinajstić information content (AvgIpc) is 3.13. The van der Waals surface area contributed by atoms with E-state index in [-0.39, 0.29) is 5.69 Å². The number of benzene rings is 2. The summed E-state index contributed by atoms with van der Waals surface area (Å²) in [5.41, 5.74) is 2.27. The number of piperazine rings is 1. The van der Waals surface area contributed by atoms with Gasteiger partial charge in [0.1, 0.15) is 11.4 Å². The molecule has 0 saturated carbocycles. The second kappa shape index (κ2) is 7.36. The lowest BCUT2D eigenvalue weighted by Gasteiger charge is -2.29. The van der Waals surface area contributed by atoms with E-state index >= 15 is 0 Å². The summed E-state index contributed by atoms with van der Waals surface area (Å²) in [6.07, 6.45) is 1.49. The third kappa shape index (κ3) is 3.38. The molecule has 0 atom stereocenters. The van der Waals surface area contributed by atoms with Crippen LogP contribution in [0.4, 0.5) is 14.5 Å². The van der Waals surface area contributed by atoms with E-state index in [1.807, 2.05) is 24.3 Å². The number of hydrogen-bond acceptors (Lipinski definition) is 4. The van der Waals surface area contributed by atoms with Gasteiger partial charge in [-0.3, -0.25) is 0 Å². The number of hydrogen-bond donors (Lipinski definition) is 1. The Balaban J connectivity index is 1.68. The van der Waals surface area contributed by atoms with Gasteiger partial charge in [-0.05, 0) is 24.3 Å². The van der Waals surface area contributed by atoms with Crippen molar-refractivity contribution in [2.75, 3.05) is 38.2 Å². The van der Waals surface area contributed by atoms with E-state index in [4.69, 9.17) is 4.74 Å². The fourth-order valence-electron chi connectivity index (χ4n) is 3.28. The Morgan fingerprint density at radius 1 is 1.00 bits per heavy atom. The van der Waals surface area contributed by atoms with Crippen molar-refractivity contribution in [1.82, 2.24) is 15.1 Å². The lowest BCUT2D eigenvalue weighted by molar-refractivity contribution is 0.416. The van der Waals surface area contributed by atoms with E-state index in [1.165, 1.54) is 36.2 Å². The van der Waals surface area contributed by atoms with Crippen molar-refractivity contribution in [3.05, 3.63) is 60.3 Å². The quantitative estimate of drug-likeness (QED) is 0.766. The molecule has 1 fully saturated rings. The van der Waals surface area contributed by atoms with Gasteiger partial charge in [-0.15, -0.1) is 0 Å². The van der Waals surface area contributed by atoms with E-state index in [0.717, 1.165) is 37.4 Å². The lowest BCUT2D eigenvalue weighted by atomic mass is 10.1. The van der Waals surface area contributed by atoms with Crippen molar-refractivity contribution in [1.29, 1.82) is 0 Å². The van der Waals surface area contributed by atoms with Crippen LogP contribution in [-0.2, 0) is 0 Å². The molecule has 7 heteroatoms. The highest BCUT2D eigenvalue weighted by molar-refractivity contribution is 5.69. The zero-order valence-corrected chi connectivity index (χ0v) is 15.0. The van der Waals surface area contributed by atoms with Crippen LogP contribution in [0.2, 0.25) is 0 Å². The largest absolute Gasteiger partial charge is 0.493 e. The Hall–Kier alpha value is -2.93. The normalized spacial score (nSPS) is 14.4. The highest BCUT2D eigenvalue weighted by Crippen LogP contribution is 2.32. The molecule has 3 aromatic rings. The predicted molar refractivity (Wildman–Crippen MR) is 101 cm³/mol. The second-order valence-electron chi connectivity index (χ2n) is 6.34. The first-order chi connectivity index (χ1) is 13.2. The minimum Gasteiger partial charge on any atom is -0.493 e. The summed E-state index contributed by atoms with van der Waals surface area (Å²) in [6, 6.07) is 11.7. The van der Waals surface area contributed by atoms with Crippen LogP contribution in [-0.4, -0.2) is 43.1 Å². The summed E-state index contributed by atoms with van der Waals surface area (Å²) in [5.74, 6) is -0.908. The fraction of sp³-hybridized carbons (Fsp3) is 0.250. The van der Waals surface area contributed by atoms with Gasteiger partial charge in [-0.25, -0.2) is 13.5 Å². The van der Waals surface area contributed by atoms with Crippen molar-refractivity contribution in [2.24, 2.45) is 0 Å². The number of anilines is 1. The summed E-state index contributed by atoms with van der Waals surface area (Å²) in [5, 5.41) is 7.71. The number of methoxy groups -OCH3 is 1. The average molecular weight is 370 g/mol. The molecule has 1 aliphatic rings. The van der Waals surface area contributed by atoms with E-state index in [1.54, 1.807) is 0 Å². The highest BCUT2D eigenvalue weighted by atomic mass is 19.1. The van der Waals surface area contributed by atoms with Gasteiger partial charge in [0.05, 0.1) is 13.3 Å². The Morgan fingerprint density at radius 3 is 2.30 bits per heavy atom. The van der Waals surface area contributed by atoms with Crippen LogP contribution in [0.1, 0.15) is 0 Å². The summed E-state index contributed by atoms with van der Waals surface area (Å²) >= 11 is 0. The Kier molecular flexibility index (Phi) is 4.77. The molecule has 0 spiro atoms. The van der Waals surface area contributed by atoms with Crippen LogP contribution in [0, 0.1) is 11.6 Å². The van der Waals surface area contributed by atoms with Gasteiger partial charge >= 0.3 is 0 Å². The third-order valence-corrected chi connectivity index (χ3v) is 4.69. The van der Waals surface area contributed by atoms with Crippen molar-refractivity contribution >= 4 is 5.69 Å². The van der Waals surface area contributed by atoms with E-state index in [9.17, 15) is 8.78 Å². The van der Waals surface area contributed by atoms with Crippen LogP contribution in [0.25, 0.3) is 16.9 Å². The Morgan fingerprint density at radius 2 is 1.67 bits per heavy atom. The van der Waals surface area contributed by atoms with Crippen molar-refractivity contribution in [3.63, 3.8) is 0 Å². The molecule has 0 aliphatic carbocycles. The van der Waals surface area contributed by atoms with Gasteiger partial charge in [-0.2, -0.15) is 5.10 Å². The summed E-state index contributed by atoms with van der Waals surface area (Å²) in [4.78, 5) is 2.31. The molecule has 2 aromatic carbocycles. The third-order valence-electron chi connectivity index (χ3n) is 4.69. The van der Waals surface area contributed by atoms with Gasteiger partial charge in [0.2, 0.25) is 0 Å². The molecule has 4 rings (SSSR count). The minimum atomic E-state index is -0.680. The van der Waals surface area contributed by atoms with Crippen LogP contribution >= 0.6 is 0 Å². The van der Waals surface area contributed by atoms with E-state index in [2.05, 4.69) is 15.3 Å². The number of ether oxygens (including phenoxy) is 1. The first-order valence-electron chi connectivity index (χ1n) is 8.81. The number of para-hydroxylation sites is 1. The molecule has 1 N–H and O–H groups in total. The molecule has 5 nitrogen and oxygen atoms in total. The van der Waals surface area contributed by atoms with Crippen molar-refractivity contribution in [3.8, 4) is 22.7 Å². The van der Waals surface area contributed by atoms with Gasteiger partial charge in [0, 0.05) is 37.4 Å². The second-order valence-corrected chi connectivity index (χ2v) is 6.34. The number of rotatable bonds is 4. The molecule has 2 heterocycles. The molecule has 1 aromatic heterocycles. The Bertz CT molecular complexity index is 913. The summed E-state index contributed by atoms with van der Waals surface area (Å²) in [6.45, 7) is 3.86. The predicted octanol–water partition coefficient (Wildman–Crippen LogP) is 3.24. The van der Waals surface area contributed by atoms with Crippen LogP contribution in [0.15, 0.2) is 48.7 Å². The maximum absolute atomic E-state index is 14.1. The molecule has 0 unspecified atom stereocenters. The fourth-order valence-corrected chi connectivity index (χ4v) is 3.28. The Labute approximate surface area is 156 Å². The first-order valence-corrected chi connectivity index (χ1v) is 8.81. The van der Waals surface area contributed by atoms with Gasteiger partial charge in [-0.1, -0.05) is 18.2 Å². The molecular weight excluding hydrogens is 350 g/mol. The SMILES string of the molecule is COc1cn(-c2c(F)cccc2F)nc1-c1ccc(N2CCNCC2)cc1. The maximum atomic E-state index is 14.1. The number of nitrogens with zero attached hydrogens (tertiary/aromatic N) is 3. The van der Waals surface area contributed by atoms with E-state index < -0.39 is 11.6 Å². The van der Waals surface area contributed by atoms with Crippen molar-refractivity contribution in [2.45, 2.75) is 0 Å². The smallest absolute Gasteiger partial charge is 0.165 e. The maximum Gasteiger partial charge on any atom is 0.165 e. The van der Waals surface area contributed by atoms with Crippen LogP contribution < -0.4 is 15.0 Å². The topological polar surface area (TPSA) is 42.3 Å². The number of aromatic nitrogens is 2.